The molecule has 2 rings (SSSR count). The Hall–Kier alpha value is -1.62. The van der Waals surface area contributed by atoms with Gasteiger partial charge in [0.2, 0.25) is 0 Å². The second kappa shape index (κ2) is 6.48. The van der Waals surface area contributed by atoms with E-state index in [1.165, 1.54) is 24.5 Å². The number of carbonyl (C=O) groups is 1. The Morgan fingerprint density at radius 1 is 1.35 bits per heavy atom. The lowest BCUT2D eigenvalue weighted by Crippen LogP contribution is -2.41. The molecule has 122 valence electrons. The zero-order valence-corrected chi connectivity index (χ0v) is 14.5. The average molecular weight is 336 g/mol. The summed E-state index contributed by atoms with van der Waals surface area (Å²) in [5.41, 5.74) is -1.06. The summed E-state index contributed by atoms with van der Waals surface area (Å²) in [5.74, 6) is 4.37. The van der Waals surface area contributed by atoms with E-state index in [1.807, 2.05) is 27.7 Å². The van der Waals surface area contributed by atoms with Gasteiger partial charge in [-0.3, -0.25) is 0 Å². The Kier molecular flexibility index (Phi) is 5.00. The molecular weight excluding hydrogens is 318 g/mol. The third-order valence-electron chi connectivity index (χ3n) is 3.87. The fourth-order valence-corrected chi connectivity index (χ4v) is 2.59. The molecule has 0 unspecified atom stereocenters. The lowest BCUT2D eigenvalue weighted by Gasteiger charge is -2.32. The van der Waals surface area contributed by atoms with Crippen LogP contribution in [0.25, 0.3) is 6.08 Å². The van der Waals surface area contributed by atoms with Crippen molar-refractivity contribution >= 4 is 30.5 Å². The third kappa shape index (κ3) is 4.02. The van der Waals surface area contributed by atoms with Gasteiger partial charge in [-0.1, -0.05) is 5.92 Å². The molecule has 1 aromatic rings. The Morgan fingerprint density at radius 2 is 1.96 bits per heavy atom. The highest BCUT2D eigenvalue weighted by Gasteiger charge is 2.53. The second-order valence-corrected chi connectivity index (χ2v) is 7.04. The van der Waals surface area contributed by atoms with Crippen molar-refractivity contribution in [3.8, 4) is 11.8 Å². The fraction of sp³-hybridized carbons (Fsp3) is 0.438. The Morgan fingerprint density at radius 3 is 2.52 bits per heavy atom. The van der Waals surface area contributed by atoms with Crippen molar-refractivity contribution < 1.29 is 23.2 Å². The van der Waals surface area contributed by atoms with Gasteiger partial charge in [0.05, 0.1) is 18.3 Å². The normalized spacial score (nSPS) is 19.2. The molecule has 0 spiro atoms. The zero-order valence-electron chi connectivity index (χ0n) is 13.7. The zero-order chi connectivity index (χ0) is 17.3. The van der Waals surface area contributed by atoms with Crippen LogP contribution in [0, 0.1) is 11.8 Å². The topological polar surface area (TPSA) is 44.8 Å². The maximum absolute atomic E-state index is 14.4. The van der Waals surface area contributed by atoms with Gasteiger partial charge in [-0.25, -0.2) is 9.18 Å². The van der Waals surface area contributed by atoms with Crippen molar-refractivity contribution in [2.45, 2.75) is 38.9 Å². The smallest absolute Gasteiger partial charge is 0.459 e. The van der Waals surface area contributed by atoms with E-state index in [2.05, 4.69) is 16.6 Å². The second-order valence-electron chi connectivity index (χ2n) is 6.10. The first kappa shape index (κ1) is 17.7. The summed E-state index contributed by atoms with van der Waals surface area (Å²) in [5, 5.41) is 1.74. The molecular formula is C16H18BFO4S. The molecule has 1 saturated heterocycles. The number of halogens is 1. The van der Waals surface area contributed by atoms with Crippen molar-refractivity contribution in [2.24, 2.45) is 0 Å². The van der Waals surface area contributed by atoms with E-state index in [9.17, 15) is 9.18 Å². The van der Waals surface area contributed by atoms with E-state index in [1.54, 1.807) is 11.4 Å². The van der Waals surface area contributed by atoms with Crippen LogP contribution in [0.4, 0.5) is 4.39 Å². The van der Waals surface area contributed by atoms with Crippen molar-refractivity contribution in [3.63, 3.8) is 0 Å². The Balaban J connectivity index is 2.12. The molecule has 0 atom stereocenters. The number of hydrogen-bond acceptors (Lipinski definition) is 5. The first-order valence-electron chi connectivity index (χ1n) is 7.06. The van der Waals surface area contributed by atoms with E-state index in [-0.39, 0.29) is 0 Å². The van der Waals surface area contributed by atoms with Crippen LogP contribution in [-0.4, -0.2) is 31.4 Å². The molecule has 1 aliphatic heterocycles. The fourth-order valence-electron chi connectivity index (χ4n) is 1.83. The number of methoxy groups -OCH3 is 1. The van der Waals surface area contributed by atoms with Gasteiger partial charge >= 0.3 is 13.1 Å². The minimum atomic E-state index is -1.02. The number of carbonyl (C=O) groups excluding carboxylic acids is 1. The summed E-state index contributed by atoms with van der Waals surface area (Å²) in [6.07, 6.45) is 1.36. The van der Waals surface area contributed by atoms with Crippen LogP contribution >= 0.6 is 11.3 Å². The monoisotopic (exact) mass is 336 g/mol. The van der Waals surface area contributed by atoms with Crippen LogP contribution in [-0.2, 0) is 18.8 Å². The molecule has 0 N–H and O–H groups in total. The number of esters is 1. The molecule has 0 aromatic carbocycles. The molecule has 1 fully saturated rings. The summed E-state index contributed by atoms with van der Waals surface area (Å²) in [6.45, 7) is 7.47. The average Bonchev–Trinajstić information content (AvgIpc) is 2.98. The van der Waals surface area contributed by atoms with Crippen molar-refractivity contribution in [3.05, 3.63) is 27.6 Å². The Labute approximate surface area is 139 Å². The molecule has 1 aromatic heterocycles. The van der Waals surface area contributed by atoms with E-state index in [0.717, 1.165) is 0 Å². The van der Waals surface area contributed by atoms with Gasteiger partial charge in [-0.15, -0.1) is 11.3 Å². The highest BCUT2D eigenvalue weighted by molar-refractivity contribution is 7.11. The molecule has 1 aliphatic rings. The van der Waals surface area contributed by atoms with Gasteiger partial charge in [0.15, 0.2) is 0 Å². The highest BCUT2D eigenvalue weighted by atomic mass is 32.1. The minimum Gasteiger partial charge on any atom is -0.459 e. The predicted octanol–water partition coefficient (Wildman–Crippen LogP) is 3.21. The molecule has 2 heterocycles. The van der Waals surface area contributed by atoms with Gasteiger partial charge < -0.3 is 14.0 Å². The van der Waals surface area contributed by atoms with Crippen LogP contribution in [0.5, 0.6) is 0 Å². The lowest BCUT2D eigenvalue weighted by atomic mass is 9.87. The summed E-state index contributed by atoms with van der Waals surface area (Å²) < 4.78 is 30.1. The van der Waals surface area contributed by atoms with Crippen LogP contribution in [0.1, 0.15) is 38.1 Å². The molecule has 7 heteroatoms. The quantitative estimate of drug-likeness (QED) is 0.473. The predicted molar refractivity (Wildman–Crippen MR) is 88.4 cm³/mol. The minimum absolute atomic E-state index is 0.502. The van der Waals surface area contributed by atoms with Gasteiger partial charge in [-0.2, -0.15) is 0 Å². The molecule has 0 aliphatic carbocycles. The highest BCUT2D eigenvalue weighted by Crippen LogP contribution is 2.39. The first-order valence-corrected chi connectivity index (χ1v) is 7.94. The summed E-state index contributed by atoms with van der Waals surface area (Å²) in [7, 11) is 0.241. The SMILES string of the molecule is COC(=O)C#Cc1csc(C=C(F)B2OC(C)(C)C(C)(C)O2)c1. The summed E-state index contributed by atoms with van der Waals surface area (Å²) in [4.78, 5) is 11.6. The lowest BCUT2D eigenvalue weighted by molar-refractivity contribution is -0.133. The largest absolute Gasteiger partial charge is 0.525 e. The molecule has 23 heavy (non-hydrogen) atoms. The van der Waals surface area contributed by atoms with Crippen molar-refractivity contribution in [1.29, 1.82) is 0 Å². The van der Waals surface area contributed by atoms with Crippen molar-refractivity contribution in [1.82, 2.24) is 0 Å². The molecule has 0 amide bonds. The third-order valence-corrected chi connectivity index (χ3v) is 4.75. The van der Waals surface area contributed by atoms with Gasteiger partial charge in [0.25, 0.3) is 0 Å². The van der Waals surface area contributed by atoms with Crippen LogP contribution in [0.3, 0.4) is 0 Å². The van der Waals surface area contributed by atoms with Crippen molar-refractivity contribution in [2.75, 3.05) is 7.11 Å². The molecule has 0 saturated carbocycles. The van der Waals surface area contributed by atoms with Crippen LogP contribution in [0.2, 0.25) is 0 Å². The van der Waals surface area contributed by atoms with Gasteiger partial charge in [-0.05, 0) is 39.8 Å². The molecule has 4 nitrogen and oxygen atoms in total. The number of ether oxygens (including phenoxy) is 1. The summed E-state index contributed by atoms with van der Waals surface area (Å²) in [6, 6.07) is 1.69. The molecule has 0 radical (unpaired) electrons. The van der Waals surface area contributed by atoms with Crippen LogP contribution < -0.4 is 0 Å². The van der Waals surface area contributed by atoms with E-state index in [0.29, 0.717) is 10.4 Å². The van der Waals surface area contributed by atoms with E-state index < -0.39 is 30.0 Å². The summed E-state index contributed by atoms with van der Waals surface area (Å²) >= 11 is 1.31. The van der Waals surface area contributed by atoms with Gasteiger partial charge in [0.1, 0.15) is 5.73 Å². The maximum atomic E-state index is 14.4. The first-order chi connectivity index (χ1) is 10.6. The Bertz CT molecular complexity index is 680. The molecule has 0 bridgehead atoms. The standard InChI is InChI=1S/C16H18BFO4S/c1-15(2)16(3,4)22-17(21-15)13(18)9-12-8-11(10-23-12)6-7-14(19)20-5/h8-10H,1-5H3. The van der Waals surface area contributed by atoms with Gasteiger partial charge in [0, 0.05) is 21.7 Å². The van der Waals surface area contributed by atoms with E-state index >= 15 is 0 Å². The maximum Gasteiger partial charge on any atom is 0.525 e. The number of hydrogen-bond donors (Lipinski definition) is 0. The number of rotatable bonds is 2. The number of thiophene rings is 1. The van der Waals surface area contributed by atoms with E-state index in [4.69, 9.17) is 9.31 Å². The van der Waals surface area contributed by atoms with Crippen LogP contribution in [0.15, 0.2) is 17.2 Å².